The maximum absolute atomic E-state index is 11.6. The lowest BCUT2D eigenvalue weighted by Gasteiger charge is -2.27. The van der Waals surface area contributed by atoms with E-state index in [1.165, 1.54) is 6.42 Å². The number of rotatable bonds is 7. The number of unbranched alkanes of at least 4 members (excludes halogenated alkanes) is 1. The van der Waals surface area contributed by atoms with Gasteiger partial charge in [0.15, 0.2) is 6.61 Å². The highest BCUT2D eigenvalue weighted by molar-refractivity contribution is 5.97. The van der Waals surface area contributed by atoms with Gasteiger partial charge in [-0.15, -0.1) is 0 Å². The van der Waals surface area contributed by atoms with Crippen molar-refractivity contribution in [1.82, 2.24) is 5.32 Å². The summed E-state index contributed by atoms with van der Waals surface area (Å²) in [6.07, 6.45) is 2.44. The first-order valence-corrected chi connectivity index (χ1v) is 7.55. The van der Waals surface area contributed by atoms with Gasteiger partial charge in [0.05, 0.1) is 11.8 Å². The number of hydrogen-bond donors (Lipinski definition) is 2. The van der Waals surface area contributed by atoms with Gasteiger partial charge in [0.2, 0.25) is 0 Å². The third-order valence-corrected chi connectivity index (χ3v) is 3.76. The number of ether oxygens (including phenoxy) is 1. The van der Waals surface area contributed by atoms with E-state index in [1.807, 2.05) is 18.2 Å². The number of nitrogens with one attached hydrogen (secondary N) is 1. The molecule has 2 N–H and O–H groups in total. The molecule has 1 aliphatic rings. The van der Waals surface area contributed by atoms with E-state index < -0.39 is 6.10 Å². The number of benzene rings is 1. The lowest BCUT2D eigenvalue weighted by atomic mass is 10.0. The van der Waals surface area contributed by atoms with Crippen molar-refractivity contribution in [2.75, 3.05) is 31.6 Å². The van der Waals surface area contributed by atoms with E-state index in [9.17, 15) is 9.90 Å². The number of aliphatic hydroxyl groups is 1. The van der Waals surface area contributed by atoms with Crippen LogP contribution in [0.4, 0.5) is 5.69 Å². The molecule has 116 valence electrons. The molecule has 0 saturated carbocycles. The van der Waals surface area contributed by atoms with Crippen LogP contribution in [-0.2, 0) is 4.79 Å². The molecular formula is C16H24N2O3. The summed E-state index contributed by atoms with van der Waals surface area (Å²) in [5.74, 6) is 0.615. The Morgan fingerprint density at radius 3 is 3.00 bits per heavy atom. The maximum atomic E-state index is 11.6. The first-order valence-electron chi connectivity index (χ1n) is 7.55. The van der Waals surface area contributed by atoms with Crippen LogP contribution in [-0.4, -0.2) is 37.8 Å². The first-order chi connectivity index (χ1) is 10.1. The largest absolute Gasteiger partial charge is 0.482 e. The number of likely N-dealkylation sites (N-methyl/N-ethyl adjacent to an activating group) is 1. The Morgan fingerprint density at radius 1 is 1.43 bits per heavy atom. The number of nitrogens with zero attached hydrogens (tertiary/aromatic N) is 1. The highest BCUT2D eigenvalue weighted by Gasteiger charge is 2.23. The number of aliphatic hydroxyl groups excluding tert-OH is 1. The van der Waals surface area contributed by atoms with Crippen molar-refractivity contribution < 1.29 is 14.6 Å². The standard InChI is InChI=1S/C16H24N2O3/c1-3-4-8-17-9-7-14(19)12-5-6-15-13(10-12)18(2)16(20)11-21-15/h5-6,10,14,17,19H,3-4,7-9,11H2,1-2H3. The van der Waals surface area contributed by atoms with Crippen LogP contribution in [0.2, 0.25) is 0 Å². The van der Waals surface area contributed by atoms with Crippen molar-refractivity contribution in [3.05, 3.63) is 23.8 Å². The molecule has 1 aliphatic heterocycles. The Morgan fingerprint density at radius 2 is 2.24 bits per heavy atom. The zero-order valence-corrected chi connectivity index (χ0v) is 12.8. The second-order valence-corrected chi connectivity index (χ2v) is 5.38. The minimum atomic E-state index is -0.533. The van der Waals surface area contributed by atoms with Crippen LogP contribution < -0.4 is 15.0 Å². The summed E-state index contributed by atoms with van der Waals surface area (Å²) in [4.78, 5) is 13.2. The third-order valence-electron chi connectivity index (χ3n) is 3.76. The fourth-order valence-electron chi connectivity index (χ4n) is 2.33. The molecule has 0 aliphatic carbocycles. The molecule has 21 heavy (non-hydrogen) atoms. The lowest BCUT2D eigenvalue weighted by Crippen LogP contribution is -2.35. The molecule has 1 amide bonds. The van der Waals surface area contributed by atoms with Crippen molar-refractivity contribution in [3.8, 4) is 5.75 Å². The molecule has 2 rings (SSSR count). The van der Waals surface area contributed by atoms with E-state index in [4.69, 9.17) is 4.74 Å². The van der Waals surface area contributed by atoms with Gasteiger partial charge < -0.3 is 20.1 Å². The number of hydrogen-bond acceptors (Lipinski definition) is 4. The van der Waals surface area contributed by atoms with Crippen LogP contribution in [0, 0.1) is 0 Å². The zero-order valence-electron chi connectivity index (χ0n) is 12.8. The second kappa shape index (κ2) is 7.43. The van der Waals surface area contributed by atoms with Gasteiger partial charge in [0.25, 0.3) is 5.91 Å². The van der Waals surface area contributed by atoms with Gasteiger partial charge in [-0.05, 0) is 43.6 Å². The van der Waals surface area contributed by atoms with Crippen molar-refractivity contribution in [2.45, 2.75) is 32.3 Å². The van der Waals surface area contributed by atoms with E-state index in [1.54, 1.807) is 11.9 Å². The minimum absolute atomic E-state index is 0.0737. The van der Waals surface area contributed by atoms with Crippen molar-refractivity contribution in [2.24, 2.45) is 0 Å². The predicted octanol–water partition coefficient (Wildman–Crippen LogP) is 1.85. The maximum Gasteiger partial charge on any atom is 0.264 e. The van der Waals surface area contributed by atoms with E-state index in [2.05, 4.69) is 12.2 Å². The fourth-order valence-corrected chi connectivity index (χ4v) is 2.33. The average Bonchev–Trinajstić information content (AvgIpc) is 2.50. The molecule has 1 heterocycles. The van der Waals surface area contributed by atoms with E-state index in [0.717, 1.165) is 30.8 Å². The number of carbonyl (C=O) groups is 1. The monoisotopic (exact) mass is 292 g/mol. The molecule has 0 bridgehead atoms. The Bertz CT molecular complexity index is 490. The number of anilines is 1. The van der Waals surface area contributed by atoms with Gasteiger partial charge in [0.1, 0.15) is 5.75 Å². The Labute approximate surface area is 125 Å². The molecule has 0 radical (unpaired) electrons. The minimum Gasteiger partial charge on any atom is -0.482 e. The summed E-state index contributed by atoms with van der Waals surface area (Å²) in [6, 6.07) is 5.52. The highest BCUT2D eigenvalue weighted by atomic mass is 16.5. The number of carbonyl (C=O) groups excluding carboxylic acids is 1. The molecule has 1 unspecified atom stereocenters. The Hall–Kier alpha value is -1.59. The van der Waals surface area contributed by atoms with Crippen molar-refractivity contribution in [1.29, 1.82) is 0 Å². The van der Waals surface area contributed by atoms with E-state index in [0.29, 0.717) is 12.2 Å². The van der Waals surface area contributed by atoms with Gasteiger partial charge in [-0.25, -0.2) is 0 Å². The van der Waals surface area contributed by atoms with Crippen LogP contribution in [0.15, 0.2) is 18.2 Å². The summed E-state index contributed by atoms with van der Waals surface area (Å²) in [5.41, 5.74) is 1.54. The van der Waals surface area contributed by atoms with Crippen molar-refractivity contribution >= 4 is 11.6 Å². The Balaban J connectivity index is 1.96. The predicted molar refractivity (Wildman–Crippen MR) is 82.7 cm³/mol. The summed E-state index contributed by atoms with van der Waals surface area (Å²) in [7, 11) is 1.73. The lowest BCUT2D eigenvalue weighted by molar-refractivity contribution is -0.120. The summed E-state index contributed by atoms with van der Waals surface area (Å²) < 4.78 is 5.38. The molecule has 0 saturated heterocycles. The Kier molecular flexibility index (Phi) is 5.59. The topological polar surface area (TPSA) is 61.8 Å². The van der Waals surface area contributed by atoms with Crippen LogP contribution in [0.25, 0.3) is 0 Å². The van der Waals surface area contributed by atoms with Crippen molar-refractivity contribution in [3.63, 3.8) is 0 Å². The molecule has 0 spiro atoms. The molecule has 1 aromatic rings. The SMILES string of the molecule is CCCCNCCC(O)c1ccc2c(c1)N(C)C(=O)CO2. The quantitative estimate of drug-likeness (QED) is 0.753. The van der Waals surface area contributed by atoms with Crippen LogP contribution in [0.3, 0.4) is 0 Å². The first kappa shape index (κ1) is 15.8. The molecule has 5 nitrogen and oxygen atoms in total. The zero-order chi connectivity index (χ0) is 15.2. The van der Waals surface area contributed by atoms with Gasteiger partial charge in [-0.1, -0.05) is 19.4 Å². The van der Waals surface area contributed by atoms with Crippen LogP contribution >= 0.6 is 0 Å². The molecule has 5 heteroatoms. The molecule has 1 atom stereocenters. The van der Waals surface area contributed by atoms with Crippen LogP contribution in [0.5, 0.6) is 5.75 Å². The highest BCUT2D eigenvalue weighted by Crippen LogP contribution is 2.34. The van der Waals surface area contributed by atoms with Gasteiger partial charge >= 0.3 is 0 Å². The fraction of sp³-hybridized carbons (Fsp3) is 0.562. The van der Waals surface area contributed by atoms with Crippen LogP contribution in [0.1, 0.15) is 37.9 Å². The van der Waals surface area contributed by atoms with Gasteiger partial charge in [-0.3, -0.25) is 4.79 Å². The smallest absolute Gasteiger partial charge is 0.264 e. The average molecular weight is 292 g/mol. The third kappa shape index (κ3) is 3.95. The second-order valence-electron chi connectivity index (χ2n) is 5.38. The molecule has 0 fully saturated rings. The number of fused-ring (bicyclic) bond motifs is 1. The number of amides is 1. The summed E-state index contributed by atoms with van der Waals surface area (Å²) in [5, 5.41) is 13.6. The molecule has 0 aromatic heterocycles. The molecule has 1 aromatic carbocycles. The van der Waals surface area contributed by atoms with E-state index >= 15 is 0 Å². The van der Waals surface area contributed by atoms with Gasteiger partial charge in [-0.2, -0.15) is 0 Å². The van der Waals surface area contributed by atoms with E-state index in [-0.39, 0.29) is 12.5 Å². The summed E-state index contributed by atoms with van der Waals surface area (Å²) in [6.45, 7) is 4.00. The normalized spacial score (nSPS) is 15.6. The van der Waals surface area contributed by atoms with Gasteiger partial charge in [0, 0.05) is 7.05 Å². The molecular weight excluding hydrogens is 268 g/mol. The summed E-state index contributed by atoms with van der Waals surface area (Å²) >= 11 is 0.